The second-order valence-electron chi connectivity index (χ2n) is 3.33. The molecule has 0 bridgehead atoms. The summed E-state index contributed by atoms with van der Waals surface area (Å²) in [6.45, 7) is 3.36. The Morgan fingerprint density at radius 3 is 2.28 bits per heavy atom. The van der Waals surface area contributed by atoms with E-state index in [0.29, 0.717) is 5.69 Å². The van der Waals surface area contributed by atoms with Crippen molar-refractivity contribution in [3.05, 3.63) is 42.7 Å². The fourth-order valence-electron chi connectivity index (χ4n) is 1.26. The van der Waals surface area contributed by atoms with Crippen molar-refractivity contribution in [3.8, 4) is 0 Å². The monoisotopic (exact) mass is 262 g/mol. The number of hydrogen-bond donors (Lipinski definition) is 1. The molecule has 0 unspecified atom stereocenters. The third-order valence-corrected chi connectivity index (χ3v) is 3.47. The minimum absolute atomic E-state index is 0.0309. The van der Waals surface area contributed by atoms with Gasteiger partial charge in [0.1, 0.15) is 0 Å². The molecule has 0 saturated heterocycles. The molecule has 2 rings (SSSR count). The van der Waals surface area contributed by atoms with Crippen LogP contribution < -0.4 is 4.72 Å². The van der Waals surface area contributed by atoms with E-state index in [2.05, 4.69) is 26.4 Å². The number of aromatic nitrogens is 2. The van der Waals surface area contributed by atoms with Gasteiger partial charge in [-0.3, -0.25) is 4.99 Å². The van der Waals surface area contributed by atoms with Gasteiger partial charge in [0.15, 0.2) is 0 Å². The summed E-state index contributed by atoms with van der Waals surface area (Å²) < 4.78 is 26.2. The zero-order valence-electron chi connectivity index (χ0n) is 9.31. The van der Waals surface area contributed by atoms with Crippen molar-refractivity contribution in [2.75, 3.05) is 4.72 Å². The number of hydrogen-bond acceptors (Lipinski definition) is 5. The molecule has 1 N–H and O–H groups in total. The van der Waals surface area contributed by atoms with Gasteiger partial charge in [-0.05, 0) is 37.0 Å². The van der Waals surface area contributed by atoms with E-state index in [9.17, 15) is 8.42 Å². The second-order valence-corrected chi connectivity index (χ2v) is 5.01. The molecule has 1 aromatic carbocycles. The van der Waals surface area contributed by atoms with E-state index in [1.54, 1.807) is 18.2 Å². The Morgan fingerprint density at radius 1 is 1.11 bits per heavy atom. The smallest absolute Gasteiger partial charge is 0.264 e. The predicted molar refractivity (Wildman–Crippen MR) is 68.5 cm³/mol. The minimum Gasteiger partial charge on any atom is -0.265 e. The molecule has 0 fully saturated rings. The van der Waals surface area contributed by atoms with Crippen molar-refractivity contribution in [2.24, 2.45) is 4.99 Å². The predicted octanol–water partition coefficient (Wildman–Crippen LogP) is 1.61. The van der Waals surface area contributed by atoms with Crippen LogP contribution in [0.15, 0.2) is 52.6 Å². The summed E-state index contributed by atoms with van der Waals surface area (Å²) in [7, 11) is -3.68. The first-order valence-electron chi connectivity index (χ1n) is 4.98. The largest absolute Gasteiger partial charge is 0.265 e. The molecule has 0 aliphatic carbocycles. The SMILES string of the molecule is C=Nc1ccc(S(=O)(=O)Nc2ncccn2)cc1. The zero-order chi connectivity index (χ0) is 13.0. The molecule has 18 heavy (non-hydrogen) atoms. The van der Waals surface area contributed by atoms with Gasteiger partial charge < -0.3 is 0 Å². The maximum Gasteiger partial charge on any atom is 0.264 e. The van der Waals surface area contributed by atoms with Crippen LogP contribution in [0.2, 0.25) is 0 Å². The lowest BCUT2D eigenvalue weighted by Gasteiger charge is -2.05. The molecule has 2 aromatic rings. The highest BCUT2D eigenvalue weighted by Gasteiger charge is 2.14. The summed E-state index contributed by atoms with van der Waals surface area (Å²) in [6.07, 6.45) is 2.91. The highest BCUT2D eigenvalue weighted by atomic mass is 32.2. The van der Waals surface area contributed by atoms with E-state index in [1.165, 1.54) is 24.5 Å². The lowest BCUT2D eigenvalue weighted by molar-refractivity contribution is 0.601. The van der Waals surface area contributed by atoms with Crippen LogP contribution >= 0.6 is 0 Å². The topological polar surface area (TPSA) is 84.3 Å². The van der Waals surface area contributed by atoms with Gasteiger partial charge in [-0.25, -0.2) is 23.1 Å². The summed E-state index contributed by atoms with van der Waals surface area (Å²) in [5, 5.41) is 0. The molecule has 7 heteroatoms. The molecule has 1 aromatic heterocycles. The average Bonchev–Trinajstić information content (AvgIpc) is 2.39. The molecule has 0 aliphatic rings. The third-order valence-electron chi connectivity index (χ3n) is 2.12. The van der Waals surface area contributed by atoms with Gasteiger partial charge in [-0.2, -0.15) is 0 Å². The van der Waals surface area contributed by atoms with E-state index in [0.717, 1.165) is 0 Å². The second kappa shape index (κ2) is 4.92. The molecule has 0 aliphatic heterocycles. The van der Waals surface area contributed by atoms with Crippen LogP contribution in [0, 0.1) is 0 Å². The van der Waals surface area contributed by atoms with Gasteiger partial charge in [0, 0.05) is 12.4 Å². The van der Waals surface area contributed by atoms with Gasteiger partial charge in [-0.15, -0.1) is 0 Å². The maximum absolute atomic E-state index is 12.0. The quantitative estimate of drug-likeness (QED) is 0.848. The maximum atomic E-state index is 12.0. The zero-order valence-corrected chi connectivity index (χ0v) is 10.1. The van der Waals surface area contributed by atoms with Gasteiger partial charge in [0.05, 0.1) is 10.6 Å². The molecule has 0 atom stereocenters. The number of benzene rings is 1. The fourth-order valence-corrected chi connectivity index (χ4v) is 2.22. The van der Waals surface area contributed by atoms with Gasteiger partial charge in [0.2, 0.25) is 5.95 Å². The van der Waals surface area contributed by atoms with E-state index in [-0.39, 0.29) is 10.8 Å². The number of anilines is 1. The molecule has 1 heterocycles. The number of sulfonamides is 1. The van der Waals surface area contributed by atoms with Gasteiger partial charge in [-0.1, -0.05) is 0 Å². The van der Waals surface area contributed by atoms with Crippen LogP contribution in [-0.2, 0) is 10.0 Å². The van der Waals surface area contributed by atoms with E-state index in [1.807, 2.05) is 0 Å². The van der Waals surface area contributed by atoms with Gasteiger partial charge >= 0.3 is 0 Å². The summed E-state index contributed by atoms with van der Waals surface area (Å²) in [5.41, 5.74) is 0.602. The Labute approximate surface area is 104 Å². The Morgan fingerprint density at radius 2 is 1.72 bits per heavy atom. The molecular formula is C11H10N4O2S. The normalized spacial score (nSPS) is 10.9. The van der Waals surface area contributed by atoms with Gasteiger partial charge in [0.25, 0.3) is 10.0 Å². The van der Waals surface area contributed by atoms with E-state index >= 15 is 0 Å². The molecule has 0 amide bonds. The van der Waals surface area contributed by atoms with Crippen molar-refractivity contribution >= 4 is 28.4 Å². The third kappa shape index (κ3) is 2.69. The van der Waals surface area contributed by atoms with Crippen molar-refractivity contribution in [3.63, 3.8) is 0 Å². The highest BCUT2D eigenvalue weighted by molar-refractivity contribution is 7.92. The van der Waals surface area contributed by atoms with Crippen molar-refractivity contribution in [2.45, 2.75) is 4.90 Å². The molecule has 0 spiro atoms. The summed E-state index contributed by atoms with van der Waals surface area (Å²) in [6, 6.07) is 7.60. The number of nitrogens with one attached hydrogen (secondary N) is 1. The minimum atomic E-state index is -3.68. The van der Waals surface area contributed by atoms with Crippen molar-refractivity contribution < 1.29 is 8.42 Å². The molecular weight excluding hydrogens is 252 g/mol. The Kier molecular flexibility index (Phi) is 3.33. The lowest BCUT2D eigenvalue weighted by atomic mass is 10.3. The van der Waals surface area contributed by atoms with Crippen molar-refractivity contribution in [1.82, 2.24) is 9.97 Å². The average molecular weight is 262 g/mol. The highest BCUT2D eigenvalue weighted by Crippen LogP contribution is 2.17. The summed E-state index contributed by atoms with van der Waals surface area (Å²) in [4.78, 5) is 11.4. The Hall–Kier alpha value is -2.28. The van der Waals surface area contributed by atoms with Crippen LogP contribution in [-0.4, -0.2) is 25.1 Å². The van der Waals surface area contributed by atoms with Crippen LogP contribution in [0.3, 0.4) is 0 Å². The molecule has 0 radical (unpaired) electrons. The van der Waals surface area contributed by atoms with Crippen molar-refractivity contribution in [1.29, 1.82) is 0 Å². The Bertz CT molecular complexity index is 639. The molecule has 6 nitrogen and oxygen atoms in total. The molecule has 0 saturated carbocycles. The Balaban J connectivity index is 2.28. The van der Waals surface area contributed by atoms with E-state index in [4.69, 9.17) is 0 Å². The number of rotatable bonds is 4. The lowest BCUT2D eigenvalue weighted by Crippen LogP contribution is -2.14. The first-order chi connectivity index (χ1) is 8.62. The molecule has 92 valence electrons. The van der Waals surface area contributed by atoms with Crippen LogP contribution in [0.4, 0.5) is 11.6 Å². The van der Waals surface area contributed by atoms with Crippen LogP contribution in [0.1, 0.15) is 0 Å². The summed E-state index contributed by atoms with van der Waals surface area (Å²) >= 11 is 0. The number of nitrogens with zero attached hydrogens (tertiary/aromatic N) is 3. The van der Waals surface area contributed by atoms with Crippen LogP contribution in [0.25, 0.3) is 0 Å². The standard InChI is InChI=1S/C11H10N4O2S/c1-12-9-3-5-10(6-4-9)18(16,17)15-11-13-7-2-8-14-11/h2-8H,1H2,(H,13,14,15). The first-order valence-corrected chi connectivity index (χ1v) is 6.47. The first kappa shape index (κ1) is 12.2. The number of aliphatic imine (C=N–C) groups is 1. The summed E-state index contributed by atoms with van der Waals surface area (Å²) in [5.74, 6) is 0.0309. The fraction of sp³-hybridized carbons (Fsp3) is 0. The van der Waals surface area contributed by atoms with Crippen LogP contribution in [0.5, 0.6) is 0 Å². The van der Waals surface area contributed by atoms with E-state index < -0.39 is 10.0 Å².